The van der Waals surface area contributed by atoms with E-state index in [2.05, 4.69) is 0 Å². The van der Waals surface area contributed by atoms with Crippen LogP contribution in [0.1, 0.15) is 27.4 Å². The average Bonchev–Trinajstić information content (AvgIpc) is 2.83. The quantitative estimate of drug-likeness (QED) is 0.470. The molecule has 1 aromatic heterocycles. The van der Waals surface area contributed by atoms with E-state index >= 15 is 0 Å². The Morgan fingerprint density at radius 3 is 2.65 bits per heavy atom. The van der Waals surface area contributed by atoms with Crippen molar-refractivity contribution in [2.75, 3.05) is 0 Å². The second kappa shape index (κ2) is 6.68. The van der Waals surface area contributed by atoms with Crippen LogP contribution in [0.5, 0.6) is 5.75 Å². The van der Waals surface area contributed by atoms with Gasteiger partial charge in [0, 0.05) is 16.3 Å². The summed E-state index contributed by atoms with van der Waals surface area (Å²) in [7, 11) is 0. The van der Waals surface area contributed by atoms with Crippen molar-refractivity contribution >= 4 is 34.7 Å². The molecule has 0 N–H and O–H groups in total. The number of carbonyl (C=O) groups excluding carboxylic acids is 2. The van der Waals surface area contributed by atoms with Crippen LogP contribution in [0.25, 0.3) is 0 Å². The molecule has 0 aliphatic carbocycles. The predicted molar refractivity (Wildman–Crippen MR) is 79.7 cm³/mol. The molecule has 0 aliphatic heterocycles. The van der Waals surface area contributed by atoms with Crippen LogP contribution in [0.4, 0.5) is 0 Å². The third-order valence-corrected chi connectivity index (χ3v) is 3.88. The Bertz CT molecular complexity index is 634. The summed E-state index contributed by atoms with van der Waals surface area (Å²) < 4.78 is 5.11. The van der Waals surface area contributed by atoms with Crippen LogP contribution < -0.4 is 4.74 Å². The number of hydrogen-bond acceptors (Lipinski definition) is 4. The highest BCUT2D eigenvalue weighted by Gasteiger charge is 2.12. The number of ketones is 1. The van der Waals surface area contributed by atoms with Crippen LogP contribution >= 0.6 is 22.9 Å². The molecule has 0 aliphatic rings. The topological polar surface area (TPSA) is 43.4 Å². The highest BCUT2D eigenvalue weighted by Crippen LogP contribution is 2.19. The summed E-state index contributed by atoms with van der Waals surface area (Å²) in [6.07, 6.45) is 0.210. The zero-order valence-electron chi connectivity index (χ0n) is 10.9. The third-order valence-electron chi connectivity index (χ3n) is 2.60. The van der Waals surface area contributed by atoms with E-state index < -0.39 is 5.97 Å². The fourth-order valence-corrected chi connectivity index (χ4v) is 2.65. The van der Waals surface area contributed by atoms with Gasteiger partial charge in [-0.25, -0.2) is 0 Å². The number of halogens is 1. The van der Waals surface area contributed by atoms with E-state index in [4.69, 9.17) is 16.3 Å². The van der Waals surface area contributed by atoms with Crippen molar-refractivity contribution in [1.82, 2.24) is 0 Å². The predicted octanol–water partition coefficient (Wildman–Crippen LogP) is 4.28. The summed E-state index contributed by atoms with van der Waals surface area (Å²) in [5.74, 6) is -0.0815. The number of hydrogen-bond donors (Lipinski definition) is 0. The molecule has 1 aromatic carbocycles. The summed E-state index contributed by atoms with van der Waals surface area (Å²) in [5, 5.41) is 0.500. The van der Waals surface area contributed by atoms with E-state index in [1.54, 1.807) is 30.3 Å². The lowest BCUT2D eigenvalue weighted by molar-refractivity contribution is -0.134. The Labute approximate surface area is 126 Å². The average molecular weight is 309 g/mol. The molecule has 0 unspecified atom stereocenters. The SMILES string of the molecule is Cc1ccc(C(=O)CCC(=O)Oc2cccc(Cl)c2)s1. The van der Waals surface area contributed by atoms with Crippen molar-refractivity contribution < 1.29 is 14.3 Å². The van der Waals surface area contributed by atoms with Gasteiger partial charge in [0.2, 0.25) is 0 Å². The first-order valence-electron chi connectivity index (χ1n) is 6.10. The third kappa shape index (κ3) is 4.18. The summed E-state index contributed by atoms with van der Waals surface area (Å²) in [4.78, 5) is 25.3. The minimum Gasteiger partial charge on any atom is -0.426 e. The van der Waals surface area contributed by atoms with Crippen LogP contribution in [-0.2, 0) is 4.79 Å². The van der Waals surface area contributed by atoms with Gasteiger partial charge in [0.15, 0.2) is 5.78 Å². The first-order valence-corrected chi connectivity index (χ1v) is 7.30. The molecule has 3 nitrogen and oxygen atoms in total. The Morgan fingerprint density at radius 2 is 2.00 bits per heavy atom. The Kier molecular flexibility index (Phi) is 4.93. The van der Waals surface area contributed by atoms with Gasteiger partial charge in [-0.2, -0.15) is 0 Å². The van der Waals surface area contributed by atoms with Crippen molar-refractivity contribution in [2.45, 2.75) is 19.8 Å². The minimum atomic E-state index is -0.436. The summed E-state index contributed by atoms with van der Waals surface area (Å²) >= 11 is 7.23. The van der Waals surface area contributed by atoms with E-state index in [1.807, 2.05) is 13.0 Å². The fraction of sp³-hybridized carbons (Fsp3) is 0.200. The molecular formula is C15H13ClO3S. The molecule has 0 bridgehead atoms. The molecule has 1 heterocycles. The fourth-order valence-electron chi connectivity index (χ4n) is 1.64. The molecule has 2 rings (SSSR count). The monoisotopic (exact) mass is 308 g/mol. The van der Waals surface area contributed by atoms with Crippen LogP contribution in [0.3, 0.4) is 0 Å². The van der Waals surface area contributed by atoms with Crippen molar-refractivity contribution in [1.29, 1.82) is 0 Å². The summed E-state index contributed by atoms with van der Waals surface area (Å²) in [5.41, 5.74) is 0. The zero-order chi connectivity index (χ0) is 14.5. The number of carbonyl (C=O) groups is 2. The zero-order valence-corrected chi connectivity index (χ0v) is 12.5. The number of ether oxygens (including phenoxy) is 1. The number of aryl methyl sites for hydroxylation is 1. The Morgan fingerprint density at radius 1 is 1.20 bits per heavy atom. The van der Waals surface area contributed by atoms with E-state index in [0.29, 0.717) is 15.6 Å². The van der Waals surface area contributed by atoms with E-state index in [-0.39, 0.29) is 18.6 Å². The van der Waals surface area contributed by atoms with Gasteiger partial charge >= 0.3 is 5.97 Å². The summed E-state index contributed by atoms with van der Waals surface area (Å²) in [6.45, 7) is 1.94. The van der Waals surface area contributed by atoms with Crippen LogP contribution in [-0.4, -0.2) is 11.8 Å². The number of Topliss-reactive ketones (excluding diaryl/α,β-unsaturated/α-hetero) is 1. The summed E-state index contributed by atoms with van der Waals surface area (Å²) in [6, 6.07) is 10.3. The lowest BCUT2D eigenvalue weighted by atomic mass is 10.2. The maximum atomic E-state index is 11.9. The molecule has 0 saturated heterocycles. The van der Waals surface area contributed by atoms with Crippen molar-refractivity contribution in [2.24, 2.45) is 0 Å². The Balaban J connectivity index is 1.85. The lowest BCUT2D eigenvalue weighted by Gasteiger charge is -2.03. The normalized spacial score (nSPS) is 10.3. The van der Waals surface area contributed by atoms with Crippen molar-refractivity contribution in [3.05, 3.63) is 51.2 Å². The van der Waals surface area contributed by atoms with E-state index in [0.717, 1.165) is 4.88 Å². The van der Waals surface area contributed by atoms with Gasteiger partial charge in [-0.15, -0.1) is 11.3 Å². The van der Waals surface area contributed by atoms with Gasteiger partial charge in [-0.1, -0.05) is 17.7 Å². The smallest absolute Gasteiger partial charge is 0.311 e. The lowest BCUT2D eigenvalue weighted by Crippen LogP contribution is -2.10. The van der Waals surface area contributed by atoms with Gasteiger partial charge in [0.1, 0.15) is 5.75 Å². The van der Waals surface area contributed by atoms with Gasteiger partial charge in [0.25, 0.3) is 0 Å². The molecule has 0 atom stereocenters. The van der Waals surface area contributed by atoms with Gasteiger partial charge in [0.05, 0.1) is 11.3 Å². The molecule has 20 heavy (non-hydrogen) atoms. The Hall–Kier alpha value is -1.65. The number of rotatable bonds is 5. The molecule has 0 fully saturated rings. The largest absolute Gasteiger partial charge is 0.426 e. The second-order valence-corrected chi connectivity index (χ2v) is 5.99. The molecule has 2 aromatic rings. The first-order chi connectivity index (χ1) is 9.54. The van der Waals surface area contributed by atoms with Crippen molar-refractivity contribution in [3.8, 4) is 5.75 Å². The molecule has 0 spiro atoms. The number of benzene rings is 1. The molecule has 104 valence electrons. The molecule has 0 saturated carbocycles. The molecule has 5 heteroatoms. The molecular weight excluding hydrogens is 296 g/mol. The second-order valence-electron chi connectivity index (χ2n) is 4.26. The highest BCUT2D eigenvalue weighted by molar-refractivity contribution is 7.14. The molecule has 0 amide bonds. The standard InChI is InChI=1S/C15H13ClO3S/c1-10-5-7-14(20-10)13(17)6-8-15(18)19-12-4-2-3-11(16)9-12/h2-5,7,9H,6,8H2,1H3. The van der Waals surface area contributed by atoms with Crippen LogP contribution in [0.15, 0.2) is 36.4 Å². The van der Waals surface area contributed by atoms with Gasteiger partial charge < -0.3 is 4.74 Å². The maximum Gasteiger partial charge on any atom is 0.311 e. The van der Waals surface area contributed by atoms with Crippen molar-refractivity contribution in [3.63, 3.8) is 0 Å². The maximum absolute atomic E-state index is 11.9. The number of esters is 1. The van der Waals surface area contributed by atoms with E-state index in [9.17, 15) is 9.59 Å². The van der Waals surface area contributed by atoms with E-state index in [1.165, 1.54) is 11.3 Å². The van der Waals surface area contributed by atoms with Gasteiger partial charge in [-0.05, 0) is 37.3 Å². The van der Waals surface area contributed by atoms with Crippen LogP contribution in [0, 0.1) is 6.92 Å². The number of thiophene rings is 1. The van der Waals surface area contributed by atoms with Gasteiger partial charge in [-0.3, -0.25) is 9.59 Å². The first kappa shape index (κ1) is 14.8. The highest BCUT2D eigenvalue weighted by atomic mass is 35.5. The molecule has 0 radical (unpaired) electrons. The van der Waals surface area contributed by atoms with Crippen LogP contribution in [0.2, 0.25) is 5.02 Å². The minimum absolute atomic E-state index is 0.0360.